The molecule has 1 aromatic carbocycles. The Hall–Kier alpha value is -1.02. The van der Waals surface area contributed by atoms with Gasteiger partial charge in [0.1, 0.15) is 5.82 Å². The lowest BCUT2D eigenvalue weighted by atomic mass is 10.0. The predicted molar refractivity (Wildman–Crippen MR) is 68.5 cm³/mol. The topological polar surface area (TPSA) is 81.4 Å². The molecule has 1 fully saturated rings. The summed E-state index contributed by atoms with van der Waals surface area (Å²) in [7, 11) is -3.82. The summed E-state index contributed by atoms with van der Waals surface area (Å²) < 4.78 is 46.0. The second-order valence-corrected chi connectivity index (χ2v) is 6.54. The van der Waals surface area contributed by atoms with Crippen LogP contribution in [0.1, 0.15) is 18.9 Å². The van der Waals surface area contributed by atoms with Crippen molar-refractivity contribution in [1.82, 2.24) is 4.72 Å². The molecule has 0 saturated carbocycles. The number of hydrogen-bond donors (Lipinski definition) is 2. The summed E-state index contributed by atoms with van der Waals surface area (Å²) in [5.41, 5.74) is 4.77. The first-order valence-corrected chi connectivity index (χ1v) is 7.45. The van der Waals surface area contributed by atoms with Gasteiger partial charge in [0.05, 0.1) is 17.0 Å². The van der Waals surface area contributed by atoms with Crippen LogP contribution in [0.15, 0.2) is 23.1 Å². The average Bonchev–Trinajstić information content (AvgIpc) is 2.74. The van der Waals surface area contributed by atoms with Gasteiger partial charge in [-0.1, -0.05) is 6.07 Å². The summed E-state index contributed by atoms with van der Waals surface area (Å²) in [6, 6.07) is 3.91. The van der Waals surface area contributed by atoms with Crippen molar-refractivity contribution in [2.24, 2.45) is 5.73 Å². The molecule has 1 saturated heterocycles. The van der Waals surface area contributed by atoms with Crippen molar-refractivity contribution in [2.45, 2.75) is 30.3 Å². The van der Waals surface area contributed by atoms with Gasteiger partial charge in [0.15, 0.2) is 0 Å². The van der Waals surface area contributed by atoms with Crippen molar-refractivity contribution in [3.8, 4) is 0 Å². The van der Waals surface area contributed by atoms with Crippen molar-refractivity contribution in [3.05, 3.63) is 29.6 Å². The third-order valence-corrected chi connectivity index (χ3v) is 4.89. The number of ether oxygens (including phenoxy) is 1. The van der Waals surface area contributed by atoms with Gasteiger partial charge < -0.3 is 10.5 Å². The maximum atomic E-state index is 13.6. The second-order valence-electron chi connectivity index (χ2n) is 4.89. The van der Waals surface area contributed by atoms with Crippen LogP contribution in [-0.2, 0) is 21.3 Å². The largest absolute Gasteiger partial charge is 0.379 e. The molecule has 1 unspecified atom stereocenters. The molecule has 1 aliphatic rings. The lowest BCUT2D eigenvalue weighted by molar-refractivity contribution is 0.178. The first-order valence-electron chi connectivity index (χ1n) is 5.97. The lowest BCUT2D eigenvalue weighted by Gasteiger charge is -2.24. The van der Waals surface area contributed by atoms with Crippen molar-refractivity contribution in [2.75, 3.05) is 13.2 Å². The van der Waals surface area contributed by atoms with Crippen molar-refractivity contribution in [1.29, 1.82) is 0 Å². The first-order chi connectivity index (χ1) is 8.88. The number of nitrogens with one attached hydrogen (secondary N) is 1. The molecule has 0 aliphatic carbocycles. The zero-order valence-corrected chi connectivity index (χ0v) is 11.5. The maximum Gasteiger partial charge on any atom is 0.241 e. The van der Waals surface area contributed by atoms with E-state index in [1.165, 1.54) is 18.2 Å². The molecule has 0 radical (unpaired) electrons. The molecule has 1 aromatic rings. The van der Waals surface area contributed by atoms with Crippen LogP contribution < -0.4 is 10.5 Å². The molecule has 0 aromatic heterocycles. The molecule has 1 atom stereocenters. The van der Waals surface area contributed by atoms with Crippen LogP contribution in [-0.4, -0.2) is 27.2 Å². The summed E-state index contributed by atoms with van der Waals surface area (Å²) in [4.78, 5) is -0.108. The van der Waals surface area contributed by atoms with E-state index in [0.29, 0.717) is 19.6 Å². The summed E-state index contributed by atoms with van der Waals surface area (Å²) in [5.74, 6) is -0.613. The molecule has 7 heteroatoms. The molecule has 19 heavy (non-hydrogen) atoms. The molecule has 1 heterocycles. The van der Waals surface area contributed by atoms with E-state index in [-0.39, 0.29) is 17.0 Å². The normalized spacial score (nSPS) is 23.7. The zero-order chi connectivity index (χ0) is 14.1. The van der Waals surface area contributed by atoms with Gasteiger partial charge in [0.25, 0.3) is 0 Å². The van der Waals surface area contributed by atoms with Gasteiger partial charge >= 0.3 is 0 Å². The smallest absolute Gasteiger partial charge is 0.241 e. The van der Waals surface area contributed by atoms with Gasteiger partial charge in [0.2, 0.25) is 10.0 Å². The van der Waals surface area contributed by atoms with Crippen LogP contribution in [0.4, 0.5) is 4.39 Å². The minimum absolute atomic E-state index is 0.00230. The fourth-order valence-corrected chi connectivity index (χ4v) is 3.80. The number of benzene rings is 1. The van der Waals surface area contributed by atoms with E-state index in [2.05, 4.69) is 4.72 Å². The monoisotopic (exact) mass is 288 g/mol. The third-order valence-electron chi connectivity index (χ3n) is 3.17. The standard InChI is InChI=1S/C12H17FN2O3S/c1-12(5-6-18-8-12)15-19(16,17)11-4-2-3-10(13)9(11)7-14/h2-4,15H,5-8,14H2,1H3. The molecule has 2 rings (SSSR count). The second kappa shape index (κ2) is 5.16. The minimum Gasteiger partial charge on any atom is -0.379 e. The summed E-state index contributed by atoms with van der Waals surface area (Å²) in [6.45, 7) is 2.40. The average molecular weight is 288 g/mol. The maximum absolute atomic E-state index is 13.6. The molecule has 0 spiro atoms. The molecule has 0 amide bonds. The van der Waals surface area contributed by atoms with Gasteiger partial charge in [-0.25, -0.2) is 17.5 Å². The minimum atomic E-state index is -3.82. The van der Waals surface area contributed by atoms with Crippen LogP contribution in [0, 0.1) is 5.82 Å². The molecule has 3 N–H and O–H groups in total. The number of rotatable bonds is 4. The fourth-order valence-electron chi connectivity index (χ4n) is 2.12. The molecule has 0 bridgehead atoms. The number of halogens is 1. The van der Waals surface area contributed by atoms with E-state index >= 15 is 0 Å². The van der Waals surface area contributed by atoms with Crippen LogP contribution in [0.2, 0.25) is 0 Å². The SMILES string of the molecule is CC1(NS(=O)(=O)c2cccc(F)c2CN)CCOC1. The van der Waals surface area contributed by atoms with Crippen molar-refractivity contribution < 1.29 is 17.5 Å². The molecule has 1 aliphatic heterocycles. The number of hydrogen-bond acceptors (Lipinski definition) is 4. The Labute approximate surface area is 112 Å². The van der Waals surface area contributed by atoms with Gasteiger partial charge in [-0.2, -0.15) is 0 Å². The van der Waals surface area contributed by atoms with E-state index in [1.807, 2.05) is 0 Å². The zero-order valence-electron chi connectivity index (χ0n) is 10.6. The van der Waals surface area contributed by atoms with Crippen molar-refractivity contribution in [3.63, 3.8) is 0 Å². The lowest BCUT2D eigenvalue weighted by Crippen LogP contribution is -2.46. The summed E-state index contributed by atoms with van der Waals surface area (Å²) >= 11 is 0. The Morgan fingerprint density at radius 1 is 1.53 bits per heavy atom. The Morgan fingerprint density at radius 3 is 2.84 bits per heavy atom. The van der Waals surface area contributed by atoms with Gasteiger partial charge in [-0.15, -0.1) is 0 Å². The fraction of sp³-hybridized carbons (Fsp3) is 0.500. The van der Waals surface area contributed by atoms with E-state index in [1.54, 1.807) is 6.92 Å². The van der Waals surface area contributed by atoms with E-state index < -0.39 is 21.4 Å². The molecular formula is C12H17FN2O3S. The van der Waals surface area contributed by atoms with E-state index in [4.69, 9.17) is 10.5 Å². The van der Waals surface area contributed by atoms with Gasteiger partial charge in [0, 0.05) is 18.7 Å². The Balaban J connectivity index is 2.37. The summed E-state index contributed by atoms with van der Waals surface area (Å²) in [6.07, 6.45) is 0.583. The van der Waals surface area contributed by atoms with Crippen LogP contribution in [0.5, 0.6) is 0 Å². The Kier molecular flexibility index (Phi) is 3.91. The van der Waals surface area contributed by atoms with Gasteiger partial charge in [-0.05, 0) is 25.5 Å². The van der Waals surface area contributed by atoms with Gasteiger partial charge in [-0.3, -0.25) is 0 Å². The van der Waals surface area contributed by atoms with Crippen LogP contribution in [0.25, 0.3) is 0 Å². The molecule has 5 nitrogen and oxygen atoms in total. The summed E-state index contributed by atoms with van der Waals surface area (Å²) in [5, 5.41) is 0. The highest BCUT2D eigenvalue weighted by Crippen LogP contribution is 2.24. The number of nitrogens with two attached hydrogens (primary N) is 1. The number of sulfonamides is 1. The highest BCUT2D eigenvalue weighted by atomic mass is 32.2. The van der Waals surface area contributed by atoms with Crippen molar-refractivity contribution >= 4 is 10.0 Å². The quantitative estimate of drug-likeness (QED) is 0.856. The Bertz CT molecular complexity index is 568. The highest BCUT2D eigenvalue weighted by molar-refractivity contribution is 7.89. The molecular weight excluding hydrogens is 271 g/mol. The third kappa shape index (κ3) is 2.94. The van der Waals surface area contributed by atoms with E-state index in [9.17, 15) is 12.8 Å². The molecule has 106 valence electrons. The van der Waals surface area contributed by atoms with Crippen LogP contribution >= 0.6 is 0 Å². The predicted octanol–water partition coefficient (Wildman–Crippen LogP) is 0.742. The Morgan fingerprint density at radius 2 is 2.26 bits per heavy atom. The van der Waals surface area contributed by atoms with E-state index in [0.717, 1.165) is 0 Å². The highest BCUT2D eigenvalue weighted by Gasteiger charge is 2.35. The van der Waals surface area contributed by atoms with Crippen LogP contribution in [0.3, 0.4) is 0 Å². The first kappa shape index (κ1) is 14.4.